The Kier molecular flexibility index (Phi) is 8.43. The van der Waals surface area contributed by atoms with Crippen molar-refractivity contribution in [2.45, 2.75) is 104 Å². The molecule has 2 unspecified atom stereocenters. The number of nitrogens with zero attached hydrogens (tertiary/aromatic N) is 1. The van der Waals surface area contributed by atoms with Crippen molar-refractivity contribution in [2.24, 2.45) is 29.6 Å². The van der Waals surface area contributed by atoms with Gasteiger partial charge in [0.2, 0.25) is 0 Å². The van der Waals surface area contributed by atoms with Gasteiger partial charge >= 0.3 is 18.0 Å². The molecule has 11 nitrogen and oxygen atoms in total. The lowest BCUT2D eigenvalue weighted by Gasteiger charge is -2.27. The van der Waals surface area contributed by atoms with Crippen LogP contribution in [-0.4, -0.2) is 58.8 Å². The molecule has 0 aromatic carbocycles. The van der Waals surface area contributed by atoms with E-state index in [9.17, 15) is 24.0 Å². The first-order valence-corrected chi connectivity index (χ1v) is 17.3. The number of likely N-dealkylation sites (tertiary alicyclic amines) is 1. The number of Topliss-reactive ketones (excluding diaryl/α,β-unsaturated/α-hetero) is 1. The van der Waals surface area contributed by atoms with Gasteiger partial charge in [-0.15, -0.1) is 0 Å². The number of cyclic esters (lactones) is 2. The number of esters is 2. The topological polar surface area (TPSA) is 135 Å². The molecule has 5 aliphatic carbocycles. The number of rotatable bonds is 4. The Morgan fingerprint density at radius 1 is 0.796 bits per heavy atom. The summed E-state index contributed by atoms with van der Waals surface area (Å²) in [5.74, 6) is 0.607. The van der Waals surface area contributed by atoms with Crippen molar-refractivity contribution in [3.8, 4) is 0 Å². The molecule has 49 heavy (non-hydrogen) atoms. The van der Waals surface area contributed by atoms with Gasteiger partial charge in [0.1, 0.15) is 5.60 Å². The van der Waals surface area contributed by atoms with E-state index in [2.05, 4.69) is 12.2 Å². The van der Waals surface area contributed by atoms with Crippen molar-refractivity contribution in [2.75, 3.05) is 0 Å². The summed E-state index contributed by atoms with van der Waals surface area (Å²) in [6, 6.07) is -0.312. The van der Waals surface area contributed by atoms with Crippen molar-refractivity contribution < 1.29 is 47.7 Å². The maximum atomic E-state index is 13.1. The third kappa shape index (κ3) is 6.16. The first-order chi connectivity index (χ1) is 23.3. The number of hydrogen-bond donors (Lipinski definition) is 0. The zero-order valence-electron chi connectivity index (χ0n) is 28.6. The van der Waals surface area contributed by atoms with Crippen LogP contribution in [-0.2, 0) is 42.9 Å². The van der Waals surface area contributed by atoms with Crippen molar-refractivity contribution in [1.29, 1.82) is 0 Å². The second kappa shape index (κ2) is 12.5. The predicted octanol–water partition coefficient (Wildman–Crippen LogP) is 5.88. The summed E-state index contributed by atoms with van der Waals surface area (Å²) in [4.78, 5) is 62.1. The molecule has 0 aromatic heterocycles. The third-order valence-electron chi connectivity index (χ3n) is 10.8. The van der Waals surface area contributed by atoms with Crippen LogP contribution in [0.4, 0.5) is 4.79 Å². The molecule has 8 aliphatic rings. The van der Waals surface area contributed by atoms with Crippen molar-refractivity contribution in [3.63, 3.8) is 0 Å². The van der Waals surface area contributed by atoms with Crippen LogP contribution >= 0.6 is 0 Å². The number of carbonyl (C=O) groups excluding carboxylic acids is 5. The lowest BCUT2D eigenvalue weighted by molar-refractivity contribution is -0.153. The summed E-state index contributed by atoms with van der Waals surface area (Å²) in [5.41, 5.74) is 4.18. The molecule has 260 valence electrons. The lowest BCUT2D eigenvalue weighted by atomic mass is 9.95. The standard InChI is InChI=1S/C21H25NO6.C17H18O4/c1-11-8-16(27-19(11)24)26-10-15-14-9-12-6-5-7-13(12)17(14)22(18(15)23)20(25)28-21(2,3)4;1-9-5-16(21-17(9)19)20-8-14-12-6-10-3-2-4-11(10)13(12)7-15(14)18/h7-8,10,12,14,16-17H,5-6,9H2,1-4H3;4-5,8,10,12-13,16H,2-3,6-7H2,1H3/b15-10+;14-8+/t12-,14+,16?,17+;10-,12-,13+,16?/m00/s1. The third-order valence-corrected chi connectivity index (χ3v) is 10.8. The van der Waals surface area contributed by atoms with Crippen LogP contribution < -0.4 is 0 Å². The summed E-state index contributed by atoms with van der Waals surface area (Å²) < 4.78 is 26.7. The minimum atomic E-state index is -0.845. The average Bonchev–Trinajstić information content (AvgIpc) is 3.87. The fraction of sp³-hybridized carbons (Fsp3) is 0.553. The Labute approximate surface area is 285 Å². The molecule has 0 bridgehead atoms. The SMILES string of the molecule is CC1=CC(O/C=C2/C(=O)C[C@@H]3C4=CCC[C@H]4C[C@H]23)OC1=O.CC1=CC(O/C=C2/C(=O)N(C(=O)OC(C)(C)C)[C@@H]3C4=CCC[C@H]4C[C@H]23)OC1=O. The summed E-state index contributed by atoms with van der Waals surface area (Å²) in [5, 5.41) is 0. The number of amides is 2. The molecule has 1 saturated heterocycles. The minimum absolute atomic E-state index is 0.126. The van der Waals surface area contributed by atoms with E-state index >= 15 is 0 Å². The molecule has 3 saturated carbocycles. The van der Waals surface area contributed by atoms with E-state index in [-0.39, 0.29) is 23.7 Å². The lowest BCUT2D eigenvalue weighted by Crippen LogP contribution is -2.43. The van der Waals surface area contributed by atoms with E-state index in [1.807, 2.05) is 0 Å². The molecule has 8 rings (SSSR count). The summed E-state index contributed by atoms with van der Waals surface area (Å²) in [6.45, 7) is 8.67. The number of ketones is 1. The zero-order valence-corrected chi connectivity index (χ0v) is 28.6. The maximum absolute atomic E-state index is 13.1. The summed E-state index contributed by atoms with van der Waals surface area (Å²) in [7, 11) is 0. The van der Waals surface area contributed by atoms with Gasteiger partial charge in [-0.1, -0.05) is 17.7 Å². The molecule has 2 amide bonds. The average molecular weight is 674 g/mol. The monoisotopic (exact) mass is 673 g/mol. The first-order valence-electron chi connectivity index (χ1n) is 17.3. The Morgan fingerprint density at radius 3 is 1.92 bits per heavy atom. The van der Waals surface area contributed by atoms with Crippen LogP contribution in [0.3, 0.4) is 0 Å². The molecule has 0 aromatic rings. The second-order valence-corrected chi connectivity index (χ2v) is 15.1. The smallest absolute Gasteiger partial charge is 0.417 e. The van der Waals surface area contributed by atoms with E-state index in [0.717, 1.165) is 43.3 Å². The molecule has 0 spiro atoms. The van der Waals surface area contributed by atoms with E-state index in [1.54, 1.807) is 53.0 Å². The predicted molar refractivity (Wildman–Crippen MR) is 173 cm³/mol. The molecule has 4 fully saturated rings. The molecule has 3 heterocycles. The molecular formula is C38H43NO10. The van der Waals surface area contributed by atoms with Crippen LogP contribution in [0.2, 0.25) is 0 Å². The molecule has 3 aliphatic heterocycles. The maximum Gasteiger partial charge on any atom is 0.417 e. The van der Waals surface area contributed by atoms with E-state index < -0.39 is 36.2 Å². The number of hydrogen-bond acceptors (Lipinski definition) is 10. The molecule has 11 heteroatoms. The highest BCUT2D eigenvalue weighted by Crippen LogP contribution is 2.55. The van der Waals surface area contributed by atoms with Crippen LogP contribution in [0.5, 0.6) is 0 Å². The van der Waals surface area contributed by atoms with Crippen LogP contribution in [0.25, 0.3) is 0 Å². The van der Waals surface area contributed by atoms with Gasteiger partial charge in [-0.2, -0.15) is 0 Å². The number of allylic oxidation sites excluding steroid dienone is 4. The second-order valence-electron chi connectivity index (χ2n) is 15.1. The van der Waals surface area contributed by atoms with Crippen LogP contribution in [0, 0.1) is 29.6 Å². The normalized spacial score (nSPS) is 35.6. The van der Waals surface area contributed by atoms with Gasteiger partial charge in [0, 0.05) is 41.2 Å². The number of imide groups is 1. The molecule has 8 atom stereocenters. The van der Waals surface area contributed by atoms with Gasteiger partial charge in [0.05, 0.1) is 24.1 Å². The fourth-order valence-corrected chi connectivity index (χ4v) is 8.66. The molecule has 0 N–H and O–H groups in total. The van der Waals surface area contributed by atoms with Crippen molar-refractivity contribution in [1.82, 2.24) is 4.90 Å². The van der Waals surface area contributed by atoms with Gasteiger partial charge in [0.25, 0.3) is 18.5 Å². The van der Waals surface area contributed by atoms with Crippen LogP contribution in [0.1, 0.15) is 79.6 Å². The van der Waals surface area contributed by atoms with Crippen molar-refractivity contribution >= 4 is 29.7 Å². The number of fused-ring (bicyclic) bond motifs is 6. The highest BCUT2D eigenvalue weighted by atomic mass is 16.7. The Hall–Kier alpha value is -4.41. The van der Waals surface area contributed by atoms with Gasteiger partial charge in [0.15, 0.2) is 5.78 Å². The van der Waals surface area contributed by atoms with Gasteiger partial charge in [-0.3, -0.25) is 9.59 Å². The fourth-order valence-electron chi connectivity index (χ4n) is 8.66. The van der Waals surface area contributed by atoms with Gasteiger partial charge in [-0.05, 0) is 102 Å². The van der Waals surface area contributed by atoms with Crippen LogP contribution in [0.15, 0.2) is 70.3 Å². The van der Waals surface area contributed by atoms with Gasteiger partial charge < -0.3 is 23.7 Å². The number of carbonyl (C=O) groups is 5. The van der Waals surface area contributed by atoms with E-state index in [1.165, 1.54) is 23.2 Å². The Balaban J connectivity index is 0.000000160. The largest absolute Gasteiger partial charge is 0.458 e. The first kappa shape index (κ1) is 33.1. The van der Waals surface area contributed by atoms with Crippen molar-refractivity contribution in [3.05, 3.63) is 70.3 Å². The zero-order chi connectivity index (χ0) is 34.8. The Bertz CT molecular complexity index is 1680. The summed E-state index contributed by atoms with van der Waals surface area (Å²) in [6.07, 6.45) is 15.3. The quantitative estimate of drug-likeness (QED) is 0.117. The molecular weight excluding hydrogens is 630 g/mol. The highest BCUT2D eigenvalue weighted by Gasteiger charge is 2.56. The Morgan fingerprint density at radius 2 is 1.35 bits per heavy atom. The van der Waals surface area contributed by atoms with Gasteiger partial charge in [-0.25, -0.2) is 19.3 Å². The molecule has 0 radical (unpaired) electrons. The summed E-state index contributed by atoms with van der Waals surface area (Å²) >= 11 is 0. The van der Waals surface area contributed by atoms with E-state index in [0.29, 0.717) is 46.8 Å². The highest BCUT2D eigenvalue weighted by molar-refractivity contribution is 6.06. The number of ether oxygens (including phenoxy) is 5. The minimum Gasteiger partial charge on any atom is -0.458 e. The van der Waals surface area contributed by atoms with E-state index in [4.69, 9.17) is 23.7 Å².